The molecule has 8 heteroatoms. The Balaban J connectivity index is 1.51. The van der Waals surface area contributed by atoms with E-state index < -0.39 is 29.8 Å². The Morgan fingerprint density at radius 1 is 1.07 bits per heavy atom. The average molecular weight is 368 g/mol. The Hall–Kier alpha value is -3.55. The first-order chi connectivity index (χ1) is 13.0. The monoisotopic (exact) mass is 368 g/mol. The Kier molecular flexibility index (Phi) is 3.95. The summed E-state index contributed by atoms with van der Waals surface area (Å²) >= 11 is 0. The van der Waals surface area contributed by atoms with Gasteiger partial charge in [-0.05, 0) is 30.3 Å². The van der Waals surface area contributed by atoms with Gasteiger partial charge in [-0.15, -0.1) is 0 Å². The summed E-state index contributed by atoms with van der Waals surface area (Å²) in [5.74, 6) is -1.63. The number of aldehydes is 1. The van der Waals surface area contributed by atoms with Crippen LogP contribution in [-0.4, -0.2) is 48.3 Å². The normalized spacial score (nSPS) is 18.7. The van der Waals surface area contributed by atoms with Crippen LogP contribution in [-0.2, 0) is 4.74 Å². The van der Waals surface area contributed by atoms with E-state index >= 15 is 0 Å². The number of rotatable bonds is 4. The summed E-state index contributed by atoms with van der Waals surface area (Å²) in [5, 5.41) is 0. The molecule has 0 spiro atoms. The molecule has 0 aliphatic carbocycles. The Labute approximate surface area is 152 Å². The number of cyclic esters (lactones) is 1. The molecule has 0 bridgehead atoms. The van der Waals surface area contributed by atoms with Gasteiger partial charge < -0.3 is 4.74 Å². The number of halogens is 1. The summed E-state index contributed by atoms with van der Waals surface area (Å²) in [6.45, 7) is -0.0460. The molecule has 2 aliphatic heterocycles. The van der Waals surface area contributed by atoms with Gasteiger partial charge in [-0.25, -0.2) is 9.18 Å². The van der Waals surface area contributed by atoms with Crippen molar-refractivity contribution in [2.75, 3.05) is 18.0 Å². The number of carbonyl (C=O) groups excluding carboxylic acids is 4. The van der Waals surface area contributed by atoms with Crippen LogP contribution in [0, 0.1) is 5.82 Å². The molecule has 27 heavy (non-hydrogen) atoms. The number of amides is 3. The van der Waals surface area contributed by atoms with E-state index in [1.54, 1.807) is 24.3 Å². The van der Waals surface area contributed by atoms with E-state index in [1.807, 2.05) is 0 Å². The van der Waals surface area contributed by atoms with Crippen LogP contribution in [0.3, 0.4) is 0 Å². The second-order valence-electron chi connectivity index (χ2n) is 6.21. The molecule has 1 saturated heterocycles. The number of hydrogen-bond acceptors (Lipinski definition) is 5. The summed E-state index contributed by atoms with van der Waals surface area (Å²) in [4.78, 5) is 49.9. The maximum absolute atomic E-state index is 13.8. The molecule has 1 fully saturated rings. The van der Waals surface area contributed by atoms with Gasteiger partial charge in [-0.3, -0.25) is 24.2 Å². The Morgan fingerprint density at radius 3 is 2.33 bits per heavy atom. The second kappa shape index (κ2) is 6.31. The van der Waals surface area contributed by atoms with Crippen LogP contribution in [0.25, 0.3) is 0 Å². The summed E-state index contributed by atoms with van der Waals surface area (Å²) in [6.07, 6.45) is -1.07. The number of ether oxygens (including phenoxy) is 1. The first kappa shape index (κ1) is 16.9. The van der Waals surface area contributed by atoms with Crippen molar-refractivity contribution in [3.63, 3.8) is 0 Å². The fourth-order valence-electron chi connectivity index (χ4n) is 3.22. The SMILES string of the molecule is O=Cc1ccc(N2C[C@H](CN3C(=O)c4ccccc4C3=O)OC2=O)cc1F. The summed E-state index contributed by atoms with van der Waals surface area (Å²) in [6, 6.07) is 10.2. The number of carbonyl (C=O) groups is 4. The zero-order valence-electron chi connectivity index (χ0n) is 13.9. The Bertz CT molecular complexity index is 955. The minimum atomic E-state index is -0.751. The molecule has 4 rings (SSSR count). The van der Waals surface area contributed by atoms with Crippen LogP contribution >= 0.6 is 0 Å². The molecule has 2 aromatic carbocycles. The highest BCUT2D eigenvalue weighted by Gasteiger charge is 2.40. The van der Waals surface area contributed by atoms with Gasteiger partial charge in [0.25, 0.3) is 11.8 Å². The molecule has 0 N–H and O–H groups in total. The maximum atomic E-state index is 13.8. The number of fused-ring (bicyclic) bond motifs is 1. The lowest BCUT2D eigenvalue weighted by atomic mass is 10.1. The number of hydrogen-bond donors (Lipinski definition) is 0. The van der Waals surface area contributed by atoms with E-state index in [0.717, 1.165) is 11.0 Å². The van der Waals surface area contributed by atoms with Gasteiger partial charge >= 0.3 is 6.09 Å². The first-order valence-electron chi connectivity index (χ1n) is 8.17. The molecule has 0 radical (unpaired) electrons. The van der Waals surface area contributed by atoms with Crippen molar-refractivity contribution in [1.29, 1.82) is 0 Å². The minimum Gasteiger partial charge on any atom is -0.442 e. The highest BCUT2D eigenvalue weighted by atomic mass is 19.1. The highest BCUT2D eigenvalue weighted by molar-refractivity contribution is 6.21. The van der Waals surface area contributed by atoms with Gasteiger partial charge in [0.2, 0.25) is 0 Å². The molecule has 0 aromatic heterocycles. The second-order valence-corrected chi connectivity index (χ2v) is 6.21. The van der Waals surface area contributed by atoms with Gasteiger partial charge in [0, 0.05) is 0 Å². The summed E-state index contributed by atoms with van der Waals surface area (Å²) in [7, 11) is 0. The van der Waals surface area contributed by atoms with E-state index in [0.29, 0.717) is 17.4 Å². The third-order valence-electron chi connectivity index (χ3n) is 4.56. The molecule has 2 heterocycles. The fraction of sp³-hybridized carbons (Fsp3) is 0.158. The van der Waals surface area contributed by atoms with Gasteiger partial charge in [0.15, 0.2) is 6.29 Å². The van der Waals surface area contributed by atoms with E-state index in [4.69, 9.17) is 4.74 Å². The molecule has 2 aromatic rings. The van der Waals surface area contributed by atoms with E-state index in [-0.39, 0.29) is 24.3 Å². The van der Waals surface area contributed by atoms with Crippen LogP contribution < -0.4 is 4.90 Å². The molecule has 0 saturated carbocycles. The van der Waals surface area contributed by atoms with Crippen LogP contribution in [0.4, 0.5) is 14.9 Å². The summed E-state index contributed by atoms with van der Waals surface area (Å²) in [5.41, 5.74) is 0.743. The van der Waals surface area contributed by atoms with Crippen LogP contribution in [0.2, 0.25) is 0 Å². The van der Waals surface area contributed by atoms with Crippen molar-refractivity contribution in [3.05, 3.63) is 65.0 Å². The van der Waals surface area contributed by atoms with Gasteiger partial charge in [-0.2, -0.15) is 0 Å². The van der Waals surface area contributed by atoms with Gasteiger partial charge in [-0.1, -0.05) is 12.1 Å². The molecule has 1 atom stereocenters. The average Bonchev–Trinajstić information content (AvgIpc) is 3.15. The van der Waals surface area contributed by atoms with E-state index in [2.05, 4.69) is 0 Å². The highest BCUT2D eigenvalue weighted by Crippen LogP contribution is 2.27. The molecular weight excluding hydrogens is 355 g/mol. The van der Waals surface area contributed by atoms with Gasteiger partial charge in [0.1, 0.15) is 11.9 Å². The lowest BCUT2D eigenvalue weighted by Gasteiger charge is -2.17. The van der Waals surface area contributed by atoms with E-state index in [1.165, 1.54) is 17.0 Å². The molecule has 2 aliphatic rings. The molecule has 0 unspecified atom stereocenters. The minimum absolute atomic E-state index is 0.0477. The van der Waals surface area contributed by atoms with Crippen LogP contribution in [0.15, 0.2) is 42.5 Å². The maximum Gasteiger partial charge on any atom is 0.414 e. The summed E-state index contributed by atoms with van der Waals surface area (Å²) < 4.78 is 19.0. The topological polar surface area (TPSA) is 84.0 Å². The van der Waals surface area contributed by atoms with Gasteiger partial charge in [0.05, 0.1) is 35.5 Å². The largest absolute Gasteiger partial charge is 0.442 e. The third-order valence-corrected chi connectivity index (χ3v) is 4.56. The molecule has 7 nitrogen and oxygen atoms in total. The van der Waals surface area contributed by atoms with Crippen molar-refractivity contribution in [2.45, 2.75) is 6.10 Å². The van der Waals surface area contributed by atoms with Crippen molar-refractivity contribution in [3.8, 4) is 0 Å². The van der Waals surface area contributed by atoms with Crippen LogP contribution in [0.1, 0.15) is 31.1 Å². The predicted molar refractivity (Wildman–Crippen MR) is 91.2 cm³/mol. The van der Waals surface area contributed by atoms with Crippen molar-refractivity contribution < 1.29 is 28.3 Å². The fourth-order valence-corrected chi connectivity index (χ4v) is 3.22. The lowest BCUT2D eigenvalue weighted by Crippen LogP contribution is -2.38. The zero-order valence-corrected chi connectivity index (χ0v) is 13.9. The van der Waals surface area contributed by atoms with Crippen molar-refractivity contribution in [1.82, 2.24) is 4.90 Å². The number of anilines is 1. The van der Waals surface area contributed by atoms with E-state index in [9.17, 15) is 23.6 Å². The first-order valence-corrected chi connectivity index (χ1v) is 8.17. The number of imide groups is 1. The van der Waals surface area contributed by atoms with Crippen molar-refractivity contribution >= 4 is 29.9 Å². The quantitative estimate of drug-likeness (QED) is 0.611. The zero-order chi connectivity index (χ0) is 19.1. The van der Waals surface area contributed by atoms with Crippen LogP contribution in [0.5, 0.6) is 0 Å². The van der Waals surface area contributed by atoms with Crippen molar-refractivity contribution in [2.24, 2.45) is 0 Å². The smallest absolute Gasteiger partial charge is 0.414 e. The molecule has 136 valence electrons. The molecule has 3 amide bonds. The predicted octanol–water partition coefficient (Wildman–Crippen LogP) is 2.26. The Morgan fingerprint density at radius 2 is 1.74 bits per heavy atom. The lowest BCUT2D eigenvalue weighted by molar-refractivity contribution is 0.0558. The number of nitrogens with zero attached hydrogens (tertiary/aromatic N) is 2. The third kappa shape index (κ3) is 2.75. The number of benzene rings is 2. The molecular formula is C19H13FN2O5. The standard InChI is InChI=1S/C19H13FN2O5/c20-16-7-12(6-5-11(16)10-23)21-8-13(27-19(21)26)9-22-17(24)14-3-1-2-4-15(14)18(22)25/h1-7,10,13H,8-9H2/t13-/m1/s1.